The maximum Gasteiger partial charge on any atom is 0.289 e. The largest absolute Gasteiger partial charge is 0.507 e. The number of aromatic hydroxyl groups is 1. The van der Waals surface area contributed by atoms with Crippen molar-refractivity contribution < 1.29 is 9.90 Å². The van der Waals surface area contributed by atoms with Crippen LogP contribution >= 0.6 is 11.6 Å². The van der Waals surface area contributed by atoms with Gasteiger partial charge in [0.1, 0.15) is 11.4 Å². The second-order valence-corrected chi connectivity index (χ2v) is 4.05. The molecule has 0 spiro atoms. The van der Waals surface area contributed by atoms with E-state index in [0.717, 1.165) is 0 Å². The molecule has 1 amide bonds. The Morgan fingerprint density at radius 1 is 1.37 bits per heavy atom. The van der Waals surface area contributed by atoms with Crippen molar-refractivity contribution in [2.45, 2.75) is 0 Å². The van der Waals surface area contributed by atoms with Gasteiger partial charge < -0.3 is 5.11 Å². The minimum atomic E-state index is -0.478. The number of hydrogen-bond donors (Lipinski definition) is 2. The van der Waals surface area contributed by atoms with Gasteiger partial charge in [-0.1, -0.05) is 23.7 Å². The molecule has 1 aromatic heterocycles. The van der Waals surface area contributed by atoms with E-state index in [-0.39, 0.29) is 11.4 Å². The molecule has 0 fully saturated rings. The molecule has 0 radical (unpaired) electrons. The third-order valence-corrected chi connectivity index (χ3v) is 2.50. The number of phenolic OH excluding ortho intramolecular Hbond substituents is 1. The normalized spacial score (nSPS) is 10.6. The van der Waals surface area contributed by atoms with Gasteiger partial charge in [-0.15, -0.1) is 0 Å². The molecule has 2 aromatic rings. The number of hydrazone groups is 1. The van der Waals surface area contributed by atoms with Gasteiger partial charge in [-0.25, -0.2) is 5.43 Å². The summed E-state index contributed by atoms with van der Waals surface area (Å²) in [7, 11) is 0. The van der Waals surface area contributed by atoms with Crippen molar-refractivity contribution in [3.05, 3.63) is 58.9 Å². The fourth-order valence-electron chi connectivity index (χ4n) is 1.34. The first kappa shape index (κ1) is 13.0. The van der Waals surface area contributed by atoms with Gasteiger partial charge in [0.2, 0.25) is 0 Å². The first-order chi connectivity index (χ1) is 9.16. The molecular weight excluding hydrogens is 266 g/mol. The van der Waals surface area contributed by atoms with Crippen molar-refractivity contribution in [1.82, 2.24) is 10.4 Å². The van der Waals surface area contributed by atoms with Gasteiger partial charge >= 0.3 is 0 Å². The van der Waals surface area contributed by atoms with Crippen molar-refractivity contribution >= 4 is 23.7 Å². The van der Waals surface area contributed by atoms with Gasteiger partial charge in [0.05, 0.1) is 6.21 Å². The minimum Gasteiger partial charge on any atom is -0.507 e. The number of nitrogens with zero attached hydrogens (tertiary/aromatic N) is 2. The molecule has 0 saturated carbocycles. The van der Waals surface area contributed by atoms with Gasteiger partial charge in [-0.3, -0.25) is 9.78 Å². The lowest BCUT2D eigenvalue weighted by molar-refractivity contribution is 0.0950. The lowest BCUT2D eigenvalue weighted by atomic mass is 10.2. The molecule has 0 unspecified atom stereocenters. The van der Waals surface area contributed by atoms with Crippen LogP contribution in [0.15, 0.2) is 47.7 Å². The van der Waals surface area contributed by atoms with Crippen LogP contribution < -0.4 is 5.43 Å². The van der Waals surface area contributed by atoms with E-state index >= 15 is 0 Å². The summed E-state index contributed by atoms with van der Waals surface area (Å²) >= 11 is 5.75. The molecule has 0 bridgehead atoms. The highest BCUT2D eigenvalue weighted by atomic mass is 35.5. The highest BCUT2D eigenvalue weighted by Gasteiger charge is 2.05. The molecular formula is C13H10ClN3O2. The predicted octanol–water partition coefficient (Wildman–Crippen LogP) is 2.20. The summed E-state index contributed by atoms with van der Waals surface area (Å²) in [5.41, 5.74) is 2.97. The molecule has 19 heavy (non-hydrogen) atoms. The van der Waals surface area contributed by atoms with Gasteiger partial charge in [0, 0.05) is 16.8 Å². The zero-order valence-corrected chi connectivity index (χ0v) is 10.5. The number of phenols is 1. The lowest BCUT2D eigenvalue weighted by Gasteiger charge is -2.00. The van der Waals surface area contributed by atoms with Crippen LogP contribution in [0.3, 0.4) is 0 Å². The highest BCUT2D eigenvalue weighted by molar-refractivity contribution is 6.30. The summed E-state index contributed by atoms with van der Waals surface area (Å²) in [5, 5.41) is 13.7. The average Bonchev–Trinajstić information content (AvgIpc) is 2.41. The van der Waals surface area contributed by atoms with Crippen LogP contribution in [0.25, 0.3) is 0 Å². The predicted molar refractivity (Wildman–Crippen MR) is 72.4 cm³/mol. The third-order valence-electron chi connectivity index (χ3n) is 2.26. The number of rotatable bonds is 3. The Kier molecular flexibility index (Phi) is 4.10. The fraction of sp³-hybridized carbons (Fsp3) is 0. The maximum absolute atomic E-state index is 11.7. The van der Waals surface area contributed by atoms with Gasteiger partial charge in [-0.2, -0.15) is 5.10 Å². The lowest BCUT2D eigenvalue weighted by Crippen LogP contribution is -2.18. The Labute approximate surface area is 114 Å². The van der Waals surface area contributed by atoms with E-state index in [9.17, 15) is 9.90 Å². The summed E-state index contributed by atoms with van der Waals surface area (Å²) in [6.07, 6.45) is 2.78. The molecule has 1 aromatic carbocycles. The van der Waals surface area contributed by atoms with E-state index in [4.69, 9.17) is 11.6 Å². The van der Waals surface area contributed by atoms with Crippen LogP contribution in [0, 0.1) is 0 Å². The standard InChI is InChI=1S/C13H10ClN3O2/c14-10-5-6-15-11(7-10)13(19)17-16-8-9-3-1-2-4-12(9)18/h1-8,18H,(H,17,19). The Hall–Kier alpha value is -2.40. The van der Waals surface area contributed by atoms with Gasteiger partial charge in [-0.05, 0) is 24.3 Å². The van der Waals surface area contributed by atoms with E-state index < -0.39 is 5.91 Å². The number of carbonyl (C=O) groups is 1. The van der Waals surface area contributed by atoms with Crippen LogP contribution in [-0.4, -0.2) is 22.2 Å². The summed E-state index contributed by atoms with van der Waals surface area (Å²) in [4.78, 5) is 15.5. The van der Waals surface area contributed by atoms with Crippen molar-refractivity contribution in [3.8, 4) is 5.75 Å². The Morgan fingerprint density at radius 3 is 2.89 bits per heavy atom. The highest BCUT2D eigenvalue weighted by Crippen LogP contribution is 2.12. The van der Waals surface area contributed by atoms with Crippen LogP contribution in [0.2, 0.25) is 5.02 Å². The number of hydrogen-bond acceptors (Lipinski definition) is 4. The van der Waals surface area contributed by atoms with Crippen LogP contribution in [-0.2, 0) is 0 Å². The Balaban J connectivity index is 2.03. The third kappa shape index (κ3) is 3.53. The number of benzene rings is 1. The molecule has 0 aliphatic rings. The molecule has 96 valence electrons. The Bertz CT molecular complexity index is 629. The first-order valence-electron chi connectivity index (χ1n) is 5.40. The summed E-state index contributed by atoms with van der Waals surface area (Å²) in [6, 6.07) is 9.66. The molecule has 2 rings (SSSR count). The van der Waals surface area contributed by atoms with E-state index in [1.165, 1.54) is 24.5 Å². The Morgan fingerprint density at radius 2 is 2.16 bits per heavy atom. The molecule has 1 heterocycles. The minimum absolute atomic E-state index is 0.0846. The fourth-order valence-corrected chi connectivity index (χ4v) is 1.50. The zero-order chi connectivity index (χ0) is 13.7. The van der Waals surface area contributed by atoms with Crippen LogP contribution in [0.5, 0.6) is 5.75 Å². The van der Waals surface area contributed by atoms with E-state index in [1.54, 1.807) is 24.3 Å². The second-order valence-electron chi connectivity index (χ2n) is 3.62. The monoisotopic (exact) mass is 275 g/mol. The number of pyridine rings is 1. The van der Waals surface area contributed by atoms with Crippen molar-refractivity contribution in [1.29, 1.82) is 0 Å². The summed E-state index contributed by atoms with van der Waals surface area (Å²) < 4.78 is 0. The van der Waals surface area contributed by atoms with Crippen molar-refractivity contribution in [2.75, 3.05) is 0 Å². The number of para-hydroxylation sites is 1. The van der Waals surface area contributed by atoms with Crippen LogP contribution in [0.1, 0.15) is 16.1 Å². The molecule has 0 atom stereocenters. The van der Waals surface area contributed by atoms with Gasteiger partial charge in [0.15, 0.2) is 0 Å². The van der Waals surface area contributed by atoms with E-state index in [1.807, 2.05) is 0 Å². The summed E-state index contributed by atoms with van der Waals surface area (Å²) in [5.74, 6) is -0.393. The SMILES string of the molecule is O=C(NN=Cc1ccccc1O)c1cc(Cl)ccn1. The zero-order valence-electron chi connectivity index (χ0n) is 9.75. The number of nitrogens with one attached hydrogen (secondary N) is 1. The smallest absolute Gasteiger partial charge is 0.289 e. The second kappa shape index (κ2) is 5.97. The molecule has 0 aliphatic heterocycles. The topological polar surface area (TPSA) is 74.6 Å². The van der Waals surface area contributed by atoms with Gasteiger partial charge in [0.25, 0.3) is 5.91 Å². The van der Waals surface area contributed by atoms with Crippen molar-refractivity contribution in [3.63, 3.8) is 0 Å². The number of carbonyl (C=O) groups excluding carboxylic acids is 1. The molecule has 0 aliphatic carbocycles. The first-order valence-corrected chi connectivity index (χ1v) is 5.77. The molecule has 6 heteroatoms. The average molecular weight is 276 g/mol. The van der Waals surface area contributed by atoms with Crippen LogP contribution in [0.4, 0.5) is 0 Å². The number of aromatic nitrogens is 1. The quantitative estimate of drug-likeness (QED) is 0.666. The molecule has 2 N–H and O–H groups in total. The summed E-state index contributed by atoms with van der Waals surface area (Å²) in [6.45, 7) is 0. The number of halogens is 1. The maximum atomic E-state index is 11.7. The van der Waals surface area contributed by atoms with E-state index in [2.05, 4.69) is 15.5 Å². The molecule has 0 saturated heterocycles. The van der Waals surface area contributed by atoms with E-state index in [0.29, 0.717) is 10.6 Å². The molecule has 5 nitrogen and oxygen atoms in total. The van der Waals surface area contributed by atoms with Crippen molar-refractivity contribution in [2.24, 2.45) is 5.10 Å². The number of amides is 1.